The van der Waals surface area contributed by atoms with Crippen molar-refractivity contribution >= 4 is 23.0 Å². The van der Waals surface area contributed by atoms with Crippen LogP contribution in [-0.4, -0.2) is 15.8 Å². The number of aromatic nitrogens is 1. The van der Waals surface area contributed by atoms with Crippen LogP contribution in [0.25, 0.3) is 0 Å². The molecule has 0 aliphatic carbocycles. The van der Waals surface area contributed by atoms with E-state index in [1.54, 1.807) is 25.3 Å². The second-order valence-corrected chi connectivity index (χ2v) is 4.14. The molecule has 1 aromatic carbocycles. The molecule has 7 nitrogen and oxygen atoms in total. The van der Waals surface area contributed by atoms with Crippen LogP contribution in [0.4, 0.5) is 17.1 Å². The molecule has 2 rings (SSSR count). The number of aryl methyl sites for hydroxylation is 1. The van der Waals surface area contributed by atoms with Crippen LogP contribution < -0.4 is 11.1 Å². The zero-order chi connectivity index (χ0) is 14.7. The molecule has 3 N–H and O–H groups in total. The van der Waals surface area contributed by atoms with E-state index in [9.17, 15) is 14.9 Å². The summed E-state index contributed by atoms with van der Waals surface area (Å²) in [5.41, 5.74) is 6.57. The third-order valence-corrected chi connectivity index (χ3v) is 2.68. The molecule has 0 atom stereocenters. The highest BCUT2D eigenvalue weighted by molar-refractivity contribution is 6.08. The Morgan fingerprint density at radius 1 is 1.40 bits per heavy atom. The van der Waals surface area contributed by atoms with Gasteiger partial charge in [-0.05, 0) is 25.1 Å². The second kappa shape index (κ2) is 5.35. The zero-order valence-corrected chi connectivity index (χ0v) is 10.7. The van der Waals surface area contributed by atoms with Gasteiger partial charge in [-0.1, -0.05) is 6.07 Å². The molecule has 0 fully saturated rings. The number of carbonyl (C=O) groups is 1. The van der Waals surface area contributed by atoms with Crippen LogP contribution in [-0.2, 0) is 0 Å². The number of pyridine rings is 1. The largest absolute Gasteiger partial charge is 0.393 e. The molecule has 0 saturated carbocycles. The Kier molecular flexibility index (Phi) is 3.60. The van der Waals surface area contributed by atoms with Crippen LogP contribution in [0, 0.1) is 17.0 Å². The first kappa shape index (κ1) is 13.5. The number of nitrogens with two attached hydrogens (primary N) is 1. The normalized spacial score (nSPS) is 10.1. The highest BCUT2D eigenvalue weighted by atomic mass is 16.6. The van der Waals surface area contributed by atoms with Gasteiger partial charge in [0.15, 0.2) is 0 Å². The minimum atomic E-state index is -0.622. The van der Waals surface area contributed by atoms with Crippen molar-refractivity contribution in [2.45, 2.75) is 6.92 Å². The number of hydrogen-bond donors (Lipinski definition) is 2. The smallest absolute Gasteiger partial charge is 0.292 e. The van der Waals surface area contributed by atoms with Gasteiger partial charge in [0.05, 0.1) is 10.5 Å². The lowest BCUT2D eigenvalue weighted by Crippen LogP contribution is -2.15. The van der Waals surface area contributed by atoms with Gasteiger partial charge < -0.3 is 11.1 Å². The van der Waals surface area contributed by atoms with E-state index in [-0.39, 0.29) is 16.9 Å². The predicted octanol–water partition coefficient (Wildman–Crippen LogP) is 2.13. The number of nitro groups is 1. The predicted molar refractivity (Wildman–Crippen MR) is 74.4 cm³/mol. The summed E-state index contributed by atoms with van der Waals surface area (Å²) < 4.78 is 0. The Bertz CT molecular complexity index is 685. The third kappa shape index (κ3) is 2.72. The molecule has 0 aliphatic rings. The first-order valence-electron chi connectivity index (χ1n) is 5.76. The number of carbonyl (C=O) groups excluding carboxylic acids is 1. The molecule has 0 aliphatic heterocycles. The van der Waals surface area contributed by atoms with Crippen LogP contribution in [0.1, 0.15) is 16.1 Å². The molecule has 1 heterocycles. The van der Waals surface area contributed by atoms with Crippen molar-refractivity contribution in [3.05, 3.63) is 57.9 Å². The summed E-state index contributed by atoms with van der Waals surface area (Å²) in [5.74, 6) is -0.503. The summed E-state index contributed by atoms with van der Waals surface area (Å²) in [4.78, 5) is 26.3. The SMILES string of the molecule is Cc1cc(NC(=O)c2cccc([N+](=O)[O-])c2N)ccn1. The van der Waals surface area contributed by atoms with Crippen LogP contribution in [0.15, 0.2) is 36.5 Å². The van der Waals surface area contributed by atoms with Crippen molar-refractivity contribution < 1.29 is 9.72 Å². The number of hydrogen-bond acceptors (Lipinski definition) is 5. The standard InChI is InChI=1S/C13H12N4O3/c1-8-7-9(5-6-15-8)16-13(18)10-3-2-4-11(12(10)14)17(19)20/h2-7H,14H2,1H3,(H,15,16,18). The van der Waals surface area contributed by atoms with Crippen LogP contribution in [0.2, 0.25) is 0 Å². The van der Waals surface area contributed by atoms with Crippen molar-refractivity contribution in [1.29, 1.82) is 0 Å². The van der Waals surface area contributed by atoms with Gasteiger partial charge in [-0.25, -0.2) is 0 Å². The Hall–Kier alpha value is -2.96. The van der Waals surface area contributed by atoms with Crippen molar-refractivity contribution in [2.75, 3.05) is 11.1 Å². The molecule has 0 radical (unpaired) electrons. The summed E-state index contributed by atoms with van der Waals surface area (Å²) in [7, 11) is 0. The van der Waals surface area contributed by atoms with E-state index >= 15 is 0 Å². The molecule has 1 aromatic heterocycles. The van der Waals surface area contributed by atoms with Crippen molar-refractivity contribution in [3.8, 4) is 0 Å². The monoisotopic (exact) mass is 272 g/mol. The second-order valence-electron chi connectivity index (χ2n) is 4.14. The van der Waals surface area contributed by atoms with Gasteiger partial charge in [0.25, 0.3) is 11.6 Å². The maximum atomic E-state index is 12.1. The Labute approximate surface area is 114 Å². The minimum absolute atomic E-state index is 0.0636. The summed E-state index contributed by atoms with van der Waals surface area (Å²) >= 11 is 0. The average molecular weight is 272 g/mol. The molecule has 2 aromatic rings. The van der Waals surface area contributed by atoms with Gasteiger partial charge in [0.1, 0.15) is 5.69 Å². The molecule has 1 amide bonds. The Morgan fingerprint density at radius 2 is 2.15 bits per heavy atom. The first-order valence-corrected chi connectivity index (χ1v) is 5.76. The quantitative estimate of drug-likeness (QED) is 0.505. The number of rotatable bonds is 3. The van der Waals surface area contributed by atoms with E-state index < -0.39 is 10.8 Å². The fraction of sp³-hybridized carbons (Fsp3) is 0.0769. The van der Waals surface area contributed by atoms with Crippen molar-refractivity contribution in [1.82, 2.24) is 4.98 Å². The number of anilines is 2. The highest BCUT2D eigenvalue weighted by Gasteiger charge is 2.18. The molecule has 0 unspecified atom stereocenters. The van der Waals surface area contributed by atoms with Gasteiger partial charge in [0, 0.05) is 23.6 Å². The molecule has 0 saturated heterocycles. The van der Waals surface area contributed by atoms with E-state index in [1.165, 1.54) is 18.2 Å². The molecule has 0 bridgehead atoms. The third-order valence-electron chi connectivity index (χ3n) is 2.68. The Morgan fingerprint density at radius 3 is 2.80 bits per heavy atom. The molecule has 20 heavy (non-hydrogen) atoms. The lowest BCUT2D eigenvalue weighted by atomic mass is 10.1. The van der Waals surface area contributed by atoms with E-state index in [1.807, 2.05) is 0 Å². The summed E-state index contributed by atoms with van der Waals surface area (Å²) in [6.07, 6.45) is 1.56. The summed E-state index contributed by atoms with van der Waals surface area (Å²) in [5, 5.41) is 13.4. The maximum absolute atomic E-state index is 12.1. The number of nitrogen functional groups attached to an aromatic ring is 1. The van der Waals surface area contributed by atoms with Gasteiger partial charge in [0.2, 0.25) is 0 Å². The van der Waals surface area contributed by atoms with Gasteiger partial charge in [-0.2, -0.15) is 0 Å². The lowest BCUT2D eigenvalue weighted by Gasteiger charge is -2.08. The fourth-order valence-corrected chi connectivity index (χ4v) is 1.73. The number of amides is 1. The minimum Gasteiger partial charge on any atom is -0.393 e. The van der Waals surface area contributed by atoms with Crippen molar-refractivity contribution in [3.63, 3.8) is 0 Å². The number of nitro benzene ring substituents is 1. The summed E-state index contributed by atoms with van der Waals surface area (Å²) in [6, 6.07) is 7.42. The average Bonchev–Trinajstić information content (AvgIpc) is 2.38. The molecular weight excluding hydrogens is 260 g/mol. The van der Waals surface area contributed by atoms with Crippen LogP contribution in [0.3, 0.4) is 0 Å². The summed E-state index contributed by atoms with van der Waals surface area (Å²) in [6.45, 7) is 1.79. The van der Waals surface area contributed by atoms with E-state index in [2.05, 4.69) is 10.3 Å². The van der Waals surface area contributed by atoms with Gasteiger partial charge >= 0.3 is 0 Å². The van der Waals surface area contributed by atoms with Crippen LogP contribution >= 0.6 is 0 Å². The Balaban J connectivity index is 2.30. The highest BCUT2D eigenvalue weighted by Crippen LogP contribution is 2.25. The number of para-hydroxylation sites is 1. The van der Waals surface area contributed by atoms with Crippen molar-refractivity contribution in [2.24, 2.45) is 0 Å². The number of nitrogens with one attached hydrogen (secondary N) is 1. The lowest BCUT2D eigenvalue weighted by molar-refractivity contribution is -0.383. The zero-order valence-electron chi connectivity index (χ0n) is 10.7. The van der Waals surface area contributed by atoms with Gasteiger partial charge in [-0.3, -0.25) is 19.9 Å². The van der Waals surface area contributed by atoms with E-state index in [0.29, 0.717) is 5.69 Å². The number of nitrogens with zero attached hydrogens (tertiary/aromatic N) is 2. The topological polar surface area (TPSA) is 111 Å². The van der Waals surface area contributed by atoms with E-state index in [0.717, 1.165) is 5.69 Å². The molecular formula is C13H12N4O3. The fourth-order valence-electron chi connectivity index (χ4n) is 1.73. The molecule has 0 spiro atoms. The molecule has 102 valence electrons. The molecule has 7 heteroatoms. The number of benzene rings is 1. The van der Waals surface area contributed by atoms with Crippen LogP contribution in [0.5, 0.6) is 0 Å². The van der Waals surface area contributed by atoms with Gasteiger partial charge in [-0.15, -0.1) is 0 Å². The first-order chi connectivity index (χ1) is 9.49. The maximum Gasteiger partial charge on any atom is 0.292 e. The van der Waals surface area contributed by atoms with E-state index in [4.69, 9.17) is 5.73 Å².